The van der Waals surface area contributed by atoms with Crippen molar-refractivity contribution in [2.24, 2.45) is 11.8 Å². The van der Waals surface area contributed by atoms with E-state index >= 15 is 0 Å². The van der Waals surface area contributed by atoms with E-state index in [0.29, 0.717) is 17.6 Å². The molecule has 2 N–H and O–H groups in total. The van der Waals surface area contributed by atoms with Crippen molar-refractivity contribution < 1.29 is 18.8 Å². The van der Waals surface area contributed by atoms with Crippen LogP contribution in [0.25, 0.3) is 11.0 Å². The Labute approximate surface area is 217 Å². The molecular formula is C30H35N3O4. The smallest absolute Gasteiger partial charge is 0.247 e. The average molecular weight is 502 g/mol. The first-order valence-electron chi connectivity index (χ1n) is 13.2. The molecule has 1 fully saturated rings. The van der Waals surface area contributed by atoms with E-state index in [9.17, 15) is 14.4 Å². The molecule has 3 amide bonds. The zero-order chi connectivity index (χ0) is 26.3. The number of hydrogen-bond acceptors (Lipinski definition) is 4. The summed E-state index contributed by atoms with van der Waals surface area (Å²) in [7, 11) is 0. The van der Waals surface area contributed by atoms with Crippen molar-refractivity contribution in [1.29, 1.82) is 0 Å². The Hall–Kier alpha value is -3.61. The lowest BCUT2D eigenvalue weighted by atomic mass is 9.87. The fourth-order valence-electron chi connectivity index (χ4n) is 5.82. The van der Waals surface area contributed by atoms with E-state index in [1.54, 1.807) is 11.2 Å². The van der Waals surface area contributed by atoms with Gasteiger partial charge in [0.25, 0.3) is 0 Å². The van der Waals surface area contributed by atoms with Crippen LogP contribution in [0, 0.1) is 11.8 Å². The fraction of sp³-hybridized carbons (Fsp3) is 0.433. The third-order valence-electron chi connectivity index (χ3n) is 7.46. The number of hydrogen-bond donors (Lipinski definition) is 2. The molecule has 1 unspecified atom stereocenters. The molecule has 7 heteroatoms. The summed E-state index contributed by atoms with van der Waals surface area (Å²) >= 11 is 0. The van der Waals surface area contributed by atoms with Gasteiger partial charge in [0.2, 0.25) is 17.7 Å². The first kappa shape index (κ1) is 25.1. The highest BCUT2D eigenvalue weighted by Gasteiger charge is 2.49. The minimum absolute atomic E-state index is 0.0577. The van der Waals surface area contributed by atoms with Crippen molar-refractivity contribution in [3.05, 3.63) is 71.5 Å². The van der Waals surface area contributed by atoms with Crippen LogP contribution in [0.5, 0.6) is 0 Å². The third-order valence-corrected chi connectivity index (χ3v) is 7.46. The number of benzene rings is 2. The Balaban J connectivity index is 1.57. The summed E-state index contributed by atoms with van der Waals surface area (Å²) in [6.07, 6.45) is 3.50. The second-order valence-corrected chi connectivity index (χ2v) is 11.1. The molecular weight excluding hydrogens is 466 g/mol. The van der Waals surface area contributed by atoms with E-state index in [4.69, 9.17) is 4.42 Å². The summed E-state index contributed by atoms with van der Waals surface area (Å²) in [6.45, 7) is 7.82. The summed E-state index contributed by atoms with van der Waals surface area (Å²) in [5.41, 5.74) is 3.69. The van der Waals surface area contributed by atoms with Crippen LogP contribution in [0.2, 0.25) is 0 Å². The van der Waals surface area contributed by atoms with Crippen molar-refractivity contribution in [2.45, 2.75) is 71.1 Å². The Morgan fingerprint density at radius 3 is 2.41 bits per heavy atom. The molecule has 2 aromatic carbocycles. The van der Waals surface area contributed by atoms with Crippen LogP contribution < -0.4 is 10.6 Å². The van der Waals surface area contributed by atoms with Crippen molar-refractivity contribution in [2.75, 3.05) is 0 Å². The molecule has 5 rings (SSSR count). The minimum Gasteiger partial charge on any atom is -0.464 e. The molecule has 0 saturated carbocycles. The second-order valence-electron chi connectivity index (χ2n) is 11.1. The van der Waals surface area contributed by atoms with Gasteiger partial charge in [0.15, 0.2) is 0 Å². The van der Waals surface area contributed by atoms with Crippen molar-refractivity contribution in [1.82, 2.24) is 15.5 Å². The summed E-state index contributed by atoms with van der Waals surface area (Å²) in [6, 6.07) is 13.1. The molecule has 1 saturated heterocycles. The fourth-order valence-corrected chi connectivity index (χ4v) is 5.82. The molecule has 1 aromatic heterocycles. The summed E-state index contributed by atoms with van der Waals surface area (Å²) < 4.78 is 5.62. The zero-order valence-electron chi connectivity index (χ0n) is 21.9. The molecule has 1 aliphatic carbocycles. The highest BCUT2D eigenvalue weighted by Crippen LogP contribution is 2.36. The van der Waals surface area contributed by atoms with Crippen molar-refractivity contribution in [3.8, 4) is 0 Å². The molecule has 3 atom stereocenters. The molecule has 0 spiro atoms. The van der Waals surface area contributed by atoms with Gasteiger partial charge in [0.05, 0.1) is 6.26 Å². The van der Waals surface area contributed by atoms with Gasteiger partial charge in [-0.15, -0.1) is 0 Å². The maximum absolute atomic E-state index is 14.3. The number of amides is 3. The van der Waals surface area contributed by atoms with E-state index < -0.39 is 18.1 Å². The molecule has 7 nitrogen and oxygen atoms in total. The van der Waals surface area contributed by atoms with Gasteiger partial charge in [-0.2, -0.15) is 0 Å². The number of carbonyl (C=O) groups excluding carboxylic acids is 3. The quantitative estimate of drug-likeness (QED) is 0.509. The number of nitrogens with one attached hydrogen (secondary N) is 2. The van der Waals surface area contributed by atoms with Gasteiger partial charge in [-0.1, -0.05) is 50.2 Å². The summed E-state index contributed by atoms with van der Waals surface area (Å²) in [5.74, 6) is -0.606. The van der Waals surface area contributed by atoms with Gasteiger partial charge >= 0.3 is 0 Å². The van der Waals surface area contributed by atoms with Crippen LogP contribution in [0.4, 0.5) is 0 Å². The van der Waals surface area contributed by atoms with E-state index in [1.165, 1.54) is 11.1 Å². The SMILES string of the molecule is CC(C)C[C@@H]1C(=O)NC(C2Cc3ccccc3C2)C(=O)N1[C@@H](C(=O)NC(C)C)c1ccc2ccoc2c1. The van der Waals surface area contributed by atoms with Gasteiger partial charge in [-0.25, -0.2) is 0 Å². The third kappa shape index (κ3) is 4.87. The minimum atomic E-state index is -0.953. The Kier molecular flexibility index (Phi) is 6.80. The first-order chi connectivity index (χ1) is 17.7. The number of piperazine rings is 1. The summed E-state index contributed by atoms with van der Waals surface area (Å²) in [4.78, 5) is 43.3. The lowest BCUT2D eigenvalue weighted by molar-refractivity contribution is -0.158. The monoisotopic (exact) mass is 501 g/mol. The predicted molar refractivity (Wildman–Crippen MR) is 142 cm³/mol. The number of fused-ring (bicyclic) bond motifs is 2. The van der Waals surface area contributed by atoms with Crippen LogP contribution in [0.1, 0.15) is 56.8 Å². The van der Waals surface area contributed by atoms with Gasteiger partial charge in [0, 0.05) is 11.4 Å². The normalized spacial score (nSPS) is 21.0. The second kappa shape index (κ2) is 10.0. The molecule has 0 bridgehead atoms. The van der Waals surface area contributed by atoms with Gasteiger partial charge in [0.1, 0.15) is 23.7 Å². The number of nitrogens with zero attached hydrogens (tertiary/aromatic N) is 1. The zero-order valence-corrected chi connectivity index (χ0v) is 21.9. The molecule has 3 aromatic rings. The van der Waals surface area contributed by atoms with E-state index in [1.807, 2.05) is 64.1 Å². The maximum atomic E-state index is 14.3. The van der Waals surface area contributed by atoms with Crippen LogP contribution in [0.3, 0.4) is 0 Å². The van der Waals surface area contributed by atoms with Crippen molar-refractivity contribution >= 4 is 28.7 Å². The van der Waals surface area contributed by atoms with Crippen molar-refractivity contribution in [3.63, 3.8) is 0 Å². The molecule has 1 aliphatic heterocycles. The average Bonchev–Trinajstić information content (AvgIpc) is 3.49. The number of rotatable bonds is 7. The molecule has 37 heavy (non-hydrogen) atoms. The van der Waals surface area contributed by atoms with Gasteiger partial charge < -0.3 is 20.0 Å². The van der Waals surface area contributed by atoms with Crippen LogP contribution >= 0.6 is 0 Å². The number of carbonyl (C=O) groups is 3. The Morgan fingerprint density at radius 1 is 1.05 bits per heavy atom. The number of furan rings is 1. The van der Waals surface area contributed by atoms with Gasteiger partial charge in [-0.3, -0.25) is 14.4 Å². The Bertz CT molecular complexity index is 1300. The molecule has 2 aliphatic rings. The van der Waals surface area contributed by atoms with Gasteiger partial charge in [-0.05, 0) is 73.8 Å². The van der Waals surface area contributed by atoms with Crippen LogP contribution in [0.15, 0.2) is 59.2 Å². The van der Waals surface area contributed by atoms with Crippen LogP contribution in [-0.4, -0.2) is 40.7 Å². The van der Waals surface area contributed by atoms with E-state index in [-0.39, 0.29) is 35.6 Å². The Morgan fingerprint density at radius 2 is 1.76 bits per heavy atom. The molecule has 2 heterocycles. The highest BCUT2D eigenvalue weighted by atomic mass is 16.3. The summed E-state index contributed by atoms with van der Waals surface area (Å²) in [5, 5.41) is 6.96. The van der Waals surface area contributed by atoms with Crippen LogP contribution in [-0.2, 0) is 27.2 Å². The lowest BCUT2D eigenvalue weighted by Gasteiger charge is -2.45. The largest absolute Gasteiger partial charge is 0.464 e. The topological polar surface area (TPSA) is 91.7 Å². The first-order valence-corrected chi connectivity index (χ1v) is 13.2. The molecule has 0 radical (unpaired) electrons. The predicted octanol–water partition coefficient (Wildman–Crippen LogP) is 4.16. The maximum Gasteiger partial charge on any atom is 0.247 e. The van der Waals surface area contributed by atoms with E-state index in [0.717, 1.165) is 18.2 Å². The molecule has 194 valence electrons. The lowest BCUT2D eigenvalue weighted by Crippen LogP contribution is -2.67. The van der Waals surface area contributed by atoms with E-state index in [2.05, 4.69) is 22.8 Å². The highest BCUT2D eigenvalue weighted by molar-refractivity contribution is 6.00. The standard InChI is InChI=1S/C30H35N3O4/c1-17(2)13-24-28(34)32-26(23-14-20-7-5-6-8-21(20)15-23)30(36)33(24)27(29(35)31-18(3)4)22-10-9-19-11-12-37-25(19)16-22/h5-12,16-18,23-24,26-27H,13-15H2,1-4H3,(H,31,35)(H,32,34)/t24-,26?,27-/m1/s1.